The van der Waals surface area contributed by atoms with Gasteiger partial charge in [0.2, 0.25) is 27.7 Å². The molecule has 2 saturated carbocycles. The molecule has 0 bridgehead atoms. The number of nitrogens with one attached hydrogen (secondary N) is 3. The molecule has 2 aliphatic carbocycles. The van der Waals surface area contributed by atoms with Crippen LogP contribution in [0.4, 0.5) is 10.1 Å². The molecule has 2 heterocycles. The van der Waals surface area contributed by atoms with Crippen molar-refractivity contribution < 1.29 is 38.0 Å². The number of amides is 3. The molecular weight excluding hydrogens is 701 g/mol. The summed E-state index contributed by atoms with van der Waals surface area (Å²) in [6, 6.07) is 8.56. The number of pyridine rings is 1. The molecule has 3 N–H and O–H groups in total. The van der Waals surface area contributed by atoms with Crippen LogP contribution in [0.3, 0.4) is 0 Å². The fourth-order valence-corrected chi connectivity index (χ4v) is 8.00. The third kappa shape index (κ3) is 7.34. The van der Waals surface area contributed by atoms with Crippen molar-refractivity contribution in [2.45, 2.75) is 75.4 Å². The van der Waals surface area contributed by atoms with Crippen molar-refractivity contribution in [3.05, 3.63) is 72.2 Å². The molecule has 0 spiro atoms. The minimum absolute atomic E-state index is 0.0421. The van der Waals surface area contributed by atoms with E-state index in [0.29, 0.717) is 34.4 Å². The number of hydrogen-bond acceptors (Lipinski definition) is 9. The van der Waals surface area contributed by atoms with E-state index in [4.69, 9.17) is 22.4 Å². The Morgan fingerprint density at radius 1 is 1.22 bits per heavy atom. The van der Waals surface area contributed by atoms with Crippen LogP contribution < -0.4 is 24.8 Å². The highest BCUT2D eigenvalue weighted by atomic mass is 35.5. The molecule has 0 unspecified atom stereocenters. The van der Waals surface area contributed by atoms with Crippen LogP contribution in [0.15, 0.2) is 61.3 Å². The van der Waals surface area contributed by atoms with Gasteiger partial charge in [0, 0.05) is 29.5 Å². The summed E-state index contributed by atoms with van der Waals surface area (Å²) in [6.45, 7) is 6.79. The molecule has 3 aliphatic rings. The highest BCUT2D eigenvalue weighted by Gasteiger charge is 2.62. The molecule has 51 heavy (non-hydrogen) atoms. The lowest BCUT2D eigenvalue weighted by Crippen LogP contribution is -2.58. The molecule has 3 fully saturated rings. The second-order valence-corrected chi connectivity index (χ2v) is 16.4. The predicted octanol–water partition coefficient (Wildman–Crippen LogP) is 4.58. The van der Waals surface area contributed by atoms with Gasteiger partial charge in [-0.15, -0.1) is 6.58 Å². The van der Waals surface area contributed by atoms with Gasteiger partial charge in [-0.2, -0.15) is 0 Å². The van der Waals surface area contributed by atoms with E-state index in [1.807, 2.05) is 0 Å². The average Bonchev–Trinajstić information content (AvgIpc) is 4.04. The molecule has 3 aromatic rings. The van der Waals surface area contributed by atoms with Gasteiger partial charge in [0.15, 0.2) is 0 Å². The Labute approximate surface area is 302 Å². The van der Waals surface area contributed by atoms with Gasteiger partial charge in [-0.3, -0.25) is 19.1 Å². The normalized spacial score (nSPS) is 23.9. The zero-order valence-electron chi connectivity index (χ0n) is 29.4. The van der Waals surface area contributed by atoms with Gasteiger partial charge >= 0.3 is 0 Å². The maximum Gasteiger partial charge on any atom is 0.259 e. The van der Waals surface area contributed by atoms with Crippen molar-refractivity contribution in [3.8, 4) is 11.6 Å². The number of nitrogens with zero attached hydrogens (tertiary/aromatic N) is 2. The maximum absolute atomic E-state index is 14.9. The summed E-state index contributed by atoms with van der Waals surface area (Å²) in [7, 11) is -2.42. The Bertz CT molecular complexity index is 2030. The fraction of sp³-hybridized carbons (Fsp3) is 0.444. The number of aromatic nitrogens is 1. The molecule has 5 atom stereocenters. The monoisotopic (exact) mass is 742 g/mol. The molecule has 3 amide bonds. The quantitative estimate of drug-likeness (QED) is 0.226. The molecular formula is C36H41ClFN5O7S. The largest absolute Gasteiger partial charge is 0.494 e. The molecule has 0 radical (unpaired) electrons. The SMILES string of the molecule is [2H]CC(C)(C)[C@H](Nc1ccccc1F)C(=O)N1C[C@H](Oc2ncc(OC)c3ccc(Cl)cc23)C[C@H]1C(=O)N[C@]1(C(=O)NS(=O)(=O)C2CC2)C[C@H]1C=C. The van der Waals surface area contributed by atoms with Gasteiger partial charge in [0.05, 0.1) is 30.8 Å². The number of methoxy groups -OCH3 is 1. The Hall–Kier alpha value is -4.43. The first-order valence-electron chi connectivity index (χ1n) is 17.2. The van der Waals surface area contributed by atoms with Crippen LogP contribution in [0.1, 0.15) is 47.8 Å². The highest BCUT2D eigenvalue weighted by Crippen LogP contribution is 2.46. The molecule has 1 aliphatic heterocycles. The van der Waals surface area contributed by atoms with Crippen molar-refractivity contribution in [2.24, 2.45) is 11.3 Å². The first-order valence-corrected chi connectivity index (χ1v) is 18.5. The summed E-state index contributed by atoms with van der Waals surface area (Å²) in [6.07, 6.45) is 3.11. The second-order valence-electron chi connectivity index (χ2n) is 14.0. The van der Waals surface area contributed by atoms with Gasteiger partial charge in [0.25, 0.3) is 5.91 Å². The summed E-state index contributed by atoms with van der Waals surface area (Å²) in [5, 5.41) is 6.69. The second kappa shape index (κ2) is 13.6. The number of para-hydroxylation sites is 1. The zero-order valence-corrected chi connectivity index (χ0v) is 30.0. The Morgan fingerprint density at radius 2 is 1.96 bits per heavy atom. The first-order chi connectivity index (χ1) is 24.6. The summed E-state index contributed by atoms with van der Waals surface area (Å²) < 4.78 is 62.5. The number of anilines is 1. The third-order valence-corrected chi connectivity index (χ3v) is 11.6. The minimum Gasteiger partial charge on any atom is -0.494 e. The number of fused-ring (bicyclic) bond motifs is 1. The minimum atomic E-state index is -3.93. The van der Waals surface area contributed by atoms with Crippen LogP contribution in [0.5, 0.6) is 11.6 Å². The van der Waals surface area contributed by atoms with Crippen molar-refractivity contribution in [3.63, 3.8) is 0 Å². The third-order valence-electron chi connectivity index (χ3n) is 9.57. The van der Waals surface area contributed by atoms with Gasteiger partial charge in [0.1, 0.15) is 35.3 Å². The van der Waals surface area contributed by atoms with E-state index in [1.54, 1.807) is 38.1 Å². The van der Waals surface area contributed by atoms with Crippen LogP contribution in [0.25, 0.3) is 10.8 Å². The van der Waals surface area contributed by atoms with Crippen LogP contribution in [-0.4, -0.2) is 78.7 Å². The smallest absolute Gasteiger partial charge is 0.259 e. The molecule has 1 saturated heterocycles. The van der Waals surface area contributed by atoms with E-state index in [0.717, 1.165) is 0 Å². The molecule has 15 heteroatoms. The molecule has 6 rings (SSSR count). The average molecular weight is 743 g/mol. The number of likely N-dealkylation sites (tertiary alicyclic amines) is 1. The molecule has 1 aromatic heterocycles. The standard InChI is InChI=1S/C36H41ClFN5O7S/c1-6-20-17-36(20,34(46)42-51(47,48)23-12-13-23)41-31(44)28-16-22(50-32-25-15-21(37)11-14-24(25)29(49-5)18-39-32)19-43(28)33(45)30(35(2,3)4)40-27-10-8-7-9-26(27)38/h6-11,14-15,18,20,22-23,28,30,40H,1,12-13,16-17,19H2,2-5H3,(H,41,44)(H,42,46)/t20-,22-,28+,30-,36-/m1/s1/i2D. The van der Waals surface area contributed by atoms with Gasteiger partial charge in [-0.05, 0) is 55.0 Å². The van der Waals surface area contributed by atoms with Gasteiger partial charge in [-0.25, -0.2) is 17.8 Å². The van der Waals surface area contributed by atoms with Crippen molar-refractivity contribution in [1.29, 1.82) is 0 Å². The number of hydrogen-bond donors (Lipinski definition) is 3. The van der Waals surface area contributed by atoms with E-state index >= 15 is 0 Å². The summed E-state index contributed by atoms with van der Waals surface area (Å²) in [5.41, 5.74) is -2.60. The Balaban J connectivity index is 1.34. The Kier molecular flexibility index (Phi) is 9.34. The van der Waals surface area contributed by atoms with E-state index in [2.05, 4.69) is 26.9 Å². The number of rotatable bonds is 12. The number of ether oxygens (including phenoxy) is 2. The number of carbonyl (C=O) groups is 3. The van der Waals surface area contributed by atoms with Crippen LogP contribution in [0, 0.1) is 17.2 Å². The molecule has 272 valence electrons. The van der Waals surface area contributed by atoms with Crippen molar-refractivity contribution in [2.75, 3.05) is 19.0 Å². The van der Waals surface area contributed by atoms with Crippen molar-refractivity contribution in [1.82, 2.24) is 19.9 Å². The summed E-state index contributed by atoms with van der Waals surface area (Å²) in [4.78, 5) is 48.1. The first kappa shape index (κ1) is 35.0. The van der Waals surface area contributed by atoms with Gasteiger partial charge < -0.3 is 25.0 Å². The topological polar surface area (TPSA) is 156 Å². The van der Waals surface area contributed by atoms with Crippen LogP contribution >= 0.6 is 11.6 Å². The number of carbonyl (C=O) groups excluding carboxylic acids is 3. The number of halogens is 2. The predicted molar refractivity (Wildman–Crippen MR) is 190 cm³/mol. The maximum atomic E-state index is 14.9. The van der Waals surface area contributed by atoms with Crippen LogP contribution in [-0.2, 0) is 24.4 Å². The summed E-state index contributed by atoms with van der Waals surface area (Å²) in [5.74, 6) is -2.69. The number of benzene rings is 2. The van der Waals surface area contributed by atoms with E-state index in [1.165, 1.54) is 42.5 Å². The number of sulfonamides is 1. The molecule has 2 aromatic carbocycles. The molecule has 12 nitrogen and oxygen atoms in total. The van der Waals surface area contributed by atoms with E-state index in [9.17, 15) is 27.2 Å². The lowest BCUT2D eigenvalue weighted by molar-refractivity contribution is -0.141. The lowest BCUT2D eigenvalue weighted by Gasteiger charge is -2.36. The van der Waals surface area contributed by atoms with E-state index in [-0.39, 0.29) is 37.9 Å². The fourth-order valence-electron chi connectivity index (χ4n) is 6.46. The van der Waals surface area contributed by atoms with Crippen LogP contribution in [0.2, 0.25) is 5.02 Å². The van der Waals surface area contributed by atoms with Crippen molar-refractivity contribution >= 4 is 55.8 Å². The lowest BCUT2D eigenvalue weighted by atomic mass is 9.85. The Morgan fingerprint density at radius 3 is 2.61 bits per heavy atom. The van der Waals surface area contributed by atoms with E-state index < -0.39 is 73.9 Å². The highest BCUT2D eigenvalue weighted by molar-refractivity contribution is 7.91. The van der Waals surface area contributed by atoms with Gasteiger partial charge in [-0.1, -0.05) is 50.6 Å². The summed E-state index contributed by atoms with van der Waals surface area (Å²) >= 11 is 6.32. The zero-order chi connectivity index (χ0) is 37.6.